The summed E-state index contributed by atoms with van der Waals surface area (Å²) in [5.74, 6) is 0.856. The van der Waals surface area contributed by atoms with Crippen molar-refractivity contribution in [2.45, 2.75) is 51.0 Å². The van der Waals surface area contributed by atoms with Crippen molar-refractivity contribution in [3.63, 3.8) is 0 Å². The molecule has 0 aromatic heterocycles. The van der Waals surface area contributed by atoms with Crippen LogP contribution in [0, 0.1) is 5.92 Å². The summed E-state index contributed by atoms with van der Waals surface area (Å²) in [5.41, 5.74) is 0.670. The molecule has 1 saturated carbocycles. The van der Waals surface area contributed by atoms with Gasteiger partial charge in [0.1, 0.15) is 0 Å². The maximum absolute atomic E-state index is 5.47. The van der Waals surface area contributed by atoms with E-state index in [1.165, 1.54) is 38.5 Å². The van der Waals surface area contributed by atoms with Crippen LogP contribution in [0.5, 0.6) is 0 Å². The number of hydrogen-bond donors (Lipinski definition) is 0. The van der Waals surface area contributed by atoms with Crippen LogP contribution in [0.3, 0.4) is 0 Å². The molecule has 0 saturated heterocycles. The summed E-state index contributed by atoms with van der Waals surface area (Å²) in [6.07, 6.45) is 8.44. The van der Waals surface area contributed by atoms with Crippen LogP contribution in [0.1, 0.15) is 45.4 Å². The highest BCUT2D eigenvalue weighted by atomic mass is 28.3. The fraction of sp³-hybridized carbons (Fsp3) is 1.00. The van der Waals surface area contributed by atoms with Crippen molar-refractivity contribution in [3.8, 4) is 0 Å². The van der Waals surface area contributed by atoms with Gasteiger partial charge in [-0.3, -0.25) is 0 Å². The smallest absolute Gasteiger partial charge is 0.324 e. The normalized spacial score (nSPS) is 22.3. The SMILES string of the molecule is CO[SiH](OC)C(C)C1CCCCCC1. The third-order valence-electron chi connectivity index (χ3n) is 3.54. The van der Waals surface area contributed by atoms with E-state index in [4.69, 9.17) is 8.85 Å². The Balaban J connectivity index is 2.43. The Bertz CT molecular complexity index is 140. The van der Waals surface area contributed by atoms with E-state index < -0.39 is 9.28 Å². The Kier molecular flexibility index (Phi) is 5.75. The van der Waals surface area contributed by atoms with Gasteiger partial charge in [0.2, 0.25) is 0 Å². The van der Waals surface area contributed by atoms with Gasteiger partial charge in [-0.25, -0.2) is 0 Å². The minimum absolute atomic E-state index is 0.670. The molecular weight excluding hydrogens is 192 g/mol. The lowest BCUT2D eigenvalue weighted by molar-refractivity contribution is 0.247. The average Bonchev–Trinajstić information content (AvgIpc) is 2.47. The lowest BCUT2D eigenvalue weighted by Gasteiger charge is -2.26. The molecule has 0 aromatic rings. The minimum atomic E-state index is -1.38. The highest BCUT2D eigenvalue weighted by Crippen LogP contribution is 2.34. The van der Waals surface area contributed by atoms with Crippen LogP contribution in [-0.2, 0) is 8.85 Å². The van der Waals surface area contributed by atoms with Crippen LogP contribution in [0.25, 0.3) is 0 Å². The lowest BCUT2D eigenvalue weighted by atomic mass is 9.97. The number of rotatable bonds is 4. The monoisotopic (exact) mass is 216 g/mol. The van der Waals surface area contributed by atoms with E-state index in [1.807, 2.05) is 0 Å². The summed E-state index contributed by atoms with van der Waals surface area (Å²) < 4.78 is 10.9. The second-order valence-corrected chi connectivity index (χ2v) is 7.18. The molecule has 0 spiro atoms. The highest BCUT2D eigenvalue weighted by molar-refractivity contribution is 6.46. The van der Waals surface area contributed by atoms with Crippen molar-refractivity contribution in [1.82, 2.24) is 0 Å². The zero-order chi connectivity index (χ0) is 10.4. The Labute approximate surface area is 89.8 Å². The zero-order valence-electron chi connectivity index (χ0n) is 9.79. The highest BCUT2D eigenvalue weighted by Gasteiger charge is 2.28. The minimum Gasteiger partial charge on any atom is -0.400 e. The van der Waals surface area contributed by atoms with Crippen LogP contribution >= 0.6 is 0 Å². The summed E-state index contributed by atoms with van der Waals surface area (Å²) >= 11 is 0. The molecule has 0 radical (unpaired) electrons. The maximum Gasteiger partial charge on any atom is 0.324 e. The number of hydrogen-bond acceptors (Lipinski definition) is 2. The molecule has 0 N–H and O–H groups in total. The first-order valence-corrected chi connectivity index (χ1v) is 7.46. The van der Waals surface area contributed by atoms with Gasteiger partial charge in [-0.15, -0.1) is 0 Å². The third kappa shape index (κ3) is 3.37. The van der Waals surface area contributed by atoms with Gasteiger partial charge in [-0.05, 0) is 11.5 Å². The second kappa shape index (κ2) is 6.59. The van der Waals surface area contributed by atoms with Crippen molar-refractivity contribution >= 4 is 9.28 Å². The van der Waals surface area contributed by atoms with E-state index in [0.29, 0.717) is 5.54 Å². The van der Waals surface area contributed by atoms with Gasteiger partial charge < -0.3 is 8.85 Å². The van der Waals surface area contributed by atoms with Gasteiger partial charge in [0, 0.05) is 14.2 Å². The Morgan fingerprint density at radius 3 is 1.93 bits per heavy atom. The van der Waals surface area contributed by atoms with Gasteiger partial charge in [0.15, 0.2) is 0 Å². The van der Waals surface area contributed by atoms with Crippen LogP contribution in [0.15, 0.2) is 0 Å². The molecule has 84 valence electrons. The molecule has 0 heterocycles. The molecule has 14 heavy (non-hydrogen) atoms. The Morgan fingerprint density at radius 1 is 1.00 bits per heavy atom. The predicted octanol–water partition coefficient (Wildman–Crippen LogP) is 2.86. The topological polar surface area (TPSA) is 18.5 Å². The van der Waals surface area contributed by atoms with E-state index in [0.717, 1.165) is 5.92 Å². The Morgan fingerprint density at radius 2 is 1.50 bits per heavy atom. The lowest BCUT2D eigenvalue weighted by Crippen LogP contribution is -2.29. The van der Waals surface area contributed by atoms with E-state index in [9.17, 15) is 0 Å². The van der Waals surface area contributed by atoms with E-state index >= 15 is 0 Å². The van der Waals surface area contributed by atoms with Gasteiger partial charge in [-0.2, -0.15) is 0 Å². The zero-order valence-corrected chi connectivity index (χ0v) is 10.9. The summed E-state index contributed by atoms with van der Waals surface area (Å²) in [4.78, 5) is 0. The molecular formula is C11H24O2Si. The molecule has 0 aromatic carbocycles. The van der Waals surface area contributed by atoms with Crippen molar-refractivity contribution in [3.05, 3.63) is 0 Å². The molecule has 0 amide bonds. The van der Waals surface area contributed by atoms with Crippen LogP contribution in [0.4, 0.5) is 0 Å². The third-order valence-corrected chi connectivity index (χ3v) is 5.87. The molecule has 3 heteroatoms. The summed E-state index contributed by atoms with van der Waals surface area (Å²) in [7, 11) is 2.22. The molecule has 1 fully saturated rings. The predicted molar refractivity (Wildman–Crippen MR) is 61.8 cm³/mol. The standard InChI is InChI=1S/C11H24O2Si/c1-10(14(12-2)13-3)11-8-6-4-5-7-9-11/h10-11,14H,4-9H2,1-3H3. The van der Waals surface area contributed by atoms with Crippen molar-refractivity contribution in [2.75, 3.05) is 14.2 Å². The summed E-state index contributed by atoms with van der Waals surface area (Å²) in [6.45, 7) is 2.32. The van der Waals surface area contributed by atoms with E-state index in [1.54, 1.807) is 14.2 Å². The first-order valence-electron chi connectivity index (χ1n) is 5.85. The van der Waals surface area contributed by atoms with Gasteiger partial charge in [0.05, 0.1) is 0 Å². The van der Waals surface area contributed by atoms with Crippen LogP contribution in [-0.4, -0.2) is 23.5 Å². The van der Waals surface area contributed by atoms with Crippen molar-refractivity contribution < 1.29 is 8.85 Å². The van der Waals surface area contributed by atoms with Crippen LogP contribution < -0.4 is 0 Å². The maximum atomic E-state index is 5.47. The average molecular weight is 216 g/mol. The molecule has 1 unspecified atom stereocenters. The second-order valence-electron chi connectivity index (χ2n) is 4.45. The van der Waals surface area contributed by atoms with Gasteiger partial charge in [0.25, 0.3) is 0 Å². The molecule has 2 nitrogen and oxygen atoms in total. The van der Waals surface area contributed by atoms with Gasteiger partial charge >= 0.3 is 9.28 Å². The largest absolute Gasteiger partial charge is 0.400 e. The van der Waals surface area contributed by atoms with Gasteiger partial charge in [-0.1, -0.05) is 45.4 Å². The first-order chi connectivity index (χ1) is 6.79. The Hall–Kier alpha value is 0.137. The fourth-order valence-electron chi connectivity index (χ4n) is 2.58. The van der Waals surface area contributed by atoms with Crippen molar-refractivity contribution in [2.24, 2.45) is 5.92 Å². The van der Waals surface area contributed by atoms with E-state index in [-0.39, 0.29) is 0 Å². The molecule has 0 bridgehead atoms. The quantitative estimate of drug-likeness (QED) is 0.531. The molecule has 1 atom stereocenters. The summed E-state index contributed by atoms with van der Waals surface area (Å²) in [5, 5.41) is 0. The molecule has 1 rings (SSSR count). The molecule has 1 aliphatic rings. The van der Waals surface area contributed by atoms with Crippen LogP contribution in [0.2, 0.25) is 5.54 Å². The fourth-order valence-corrected chi connectivity index (χ4v) is 4.46. The summed E-state index contributed by atoms with van der Waals surface area (Å²) in [6, 6.07) is 0. The van der Waals surface area contributed by atoms with Crippen molar-refractivity contribution in [1.29, 1.82) is 0 Å². The molecule has 0 aliphatic heterocycles. The first kappa shape index (κ1) is 12.2. The van der Waals surface area contributed by atoms with E-state index in [2.05, 4.69) is 6.92 Å². The molecule has 1 aliphatic carbocycles.